The summed E-state index contributed by atoms with van der Waals surface area (Å²) in [5.41, 5.74) is 1.31. The topological polar surface area (TPSA) is 12.0 Å². The Morgan fingerprint density at radius 3 is 2.78 bits per heavy atom. The smallest absolute Gasteiger partial charge is 0.0438 e. The van der Waals surface area contributed by atoms with Crippen LogP contribution in [-0.2, 0) is 6.42 Å². The Morgan fingerprint density at radius 1 is 1.22 bits per heavy atom. The number of hydrogen-bond acceptors (Lipinski definition) is 1. The molecule has 2 unspecified atom stereocenters. The van der Waals surface area contributed by atoms with E-state index < -0.39 is 0 Å². The molecule has 1 aliphatic carbocycles. The molecule has 2 rings (SSSR count). The van der Waals surface area contributed by atoms with Crippen molar-refractivity contribution < 1.29 is 0 Å². The second-order valence-corrected chi connectivity index (χ2v) is 5.81. The van der Waals surface area contributed by atoms with Crippen LogP contribution in [0.4, 0.5) is 0 Å². The third-order valence-corrected chi connectivity index (χ3v) is 4.37. The molecule has 1 aliphatic rings. The van der Waals surface area contributed by atoms with Gasteiger partial charge in [0.15, 0.2) is 0 Å². The van der Waals surface area contributed by atoms with Crippen molar-refractivity contribution in [3.05, 3.63) is 34.9 Å². The molecule has 1 N–H and O–H groups in total. The molecule has 0 spiro atoms. The Kier molecular flexibility index (Phi) is 5.52. The first-order chi connectivity index (χ1) is 8.81. The molecule has 1 aromatic rings. The summed E-state index contributed by atoms with van der Waals surface area (Å²) in [7, 11) is 0. The Bertz CT molecular complexity index is 364. The first-order valence-electron chi connectivity index (χ1n) is 7.28. The van der Waals surface area contributed by atoms with Gasteiger partial charge in [-0.1, -0.05) is 49.6 Å². The highest BCUT2D eigenvalue weighted by Gasteiger charge is 2.24. The van der Waals surface area contributed by atoms with Gasteiger partial charge in [0.2, 0.25) is 0 Å². The van der Waals surface area contributed by atoms with Gasteiger partial charge in [0.25, 0.3) is 0 Å². The fraction of sp³-hybridized carbons (Fsp3) is 0.625. The highest BCUT2D eigenvalue weighted by atomic mass is 35.5. The van der Waals surface area contributed by atoms with Gasteiger partial charge in [-0.25, -0.2) is 0 Å². The van der Waals surface area contributed by atoms with E-state index in [1.165, 1.54) is 37.7 Å². The molecular weight excluding hydrogens is 242 g/mol. The lowest BCUT2D eigenvalue weighted by Gasteiger charge is -2.32. The summed E-state index contributed by atoms with van der Waals surface area (Å²) in [6.45, 7) is 3.38. The molecule has 100 valence electrons. The van der Waals surface area contributed by atoms with Crippen LogP contribution < -0.4 is 5.32 Å². The normalized spacial score (nSPS) is 24.1. The minimum atomic E-state index is 0.690. The third-order valence-electron chi connectivity index (χ3n) is 4.01. The maximum Gasteiger partial charge on any atom is 0.0438 e. The Labute approximate surface area is 116 Å². The van der Waals surface area contributed by atoms with E-state index in [1.807, 2.05) is 12.1 Å². The Balaban J connectivity index is 1.98. The van der Waals surface area contributed by atoms with E-state index in [4.69, 9.17) is 11.6 Å². The fourth-order valence-corrected chi connectivity index (χ4v) is 3.21. The van der Waals surface area contributed by atoms with Crippen molar-refractivity contribution >= 4 is 11.6 Å². The number of hydrogen-bond donors (Lipinski definition) is 1. The molecule has 2 heteroatoms. The predicted octanol–water partition coefficient (Wildman–Crippen LogP) is 4.44. The minimum absolute atomic E-state index is 0.690. The lowest BCUT2D eigenvalue weighted by Crippen LogP contribution is -2.39. The minimum Gasteiger partial charge on any atom is -0.314 e. The van der Waals surface area contributed by atoms with Crippen LogP contribution in [-0.4, -0.2) is 12.6 Å². The molecule has 0 bridgehead atoms. The van der Waals surface area contributed by atoms with Crippen molar-refractivity contribution in [2.75, 3.05) is 6.54 Å². The van der Waals surface area contributed by atoms with Crippen molar-refractivity contribution in [2.24, 2.45) is 5.92 Å². The van der Waals surface area contributed by atoms with Gasteiger partial charge in [-0.05, 0) is 49.8 Å². The van der Waals surface area contributed by atoms with Gasteiger partial charge in [-0.15, -0.1) is 0 Å². The van der Waals surface area contributed by atoms with Crippen LogP contribution in [0.2, 0.25) is 5.02 Å². The average Bonchev–Trinajstić information content (AvgIpc) is 2.40. The predicted molar refractivity (Wildman–Crippen MR) is 79.2 cm³/mol. The SMILES string of the molecule is CCCNC1CCCCC1Cc1ccccc1Cl. The Morgan fingerprint density at radius 2 is 2.00 bits per heavy atom. The molecule has 1 nitrogen and oxygen atoms in total. The van der Waals surface area contributed by atoms with Crippen LogP contribution in [0.15, 0.2) is 24.3 Å². The largest absolute Gasteiger partial charge is 0.314 e. The van der Waals surface area contributed by atoms with Crippen LogP contribution in [0, 0.1) is 5.92 Å². The number of nitrogens with one attached hydrogen (secondary N) is 1. The van der Waals surface area contributed by atoms with Crippen LogP contribution in [0.3, 0.4) is 0 Å². The molecule has 1 saturated carbocycles. The fourth-order valence-electron chi connectivity index (χ4n) is 3.00. The lowest BCUT2D eigenvalue weighted by atomic mass is 9.80. The number of halogens is 1. The van der Waals surface area contributed by atoms with Crippen molar-refractivity contribution in [3.63, 3.8) is 0 Å². The summed E-state index contributed by atoms with van der Waals surface area (Å²) < 4.78 is 0. The average molecular weight is 266 g/mol. The van der Waals surface area contributed by atoms with Gasteiger partial charge in [-0.2, -0.15) is 0 Å². The zero-order chi connectivity index (χ0) is 12.8. The van der Waals surface area contributed by atoms with Gasteiger partial charge in [0.05, 0.1) is 0 Å². The molecule has 2 atom stereocenters. The summed E-state index contributed by atoms with van der Waals surface area (Å²) >= 11 is 6.28. The molecule has 0 heterocycles. The van der Waals surface area contributed by atoms with E-state index >= 15 is 0 Å². The van der Waals surface area contributed by atoms with Crippen molar-refractivity contribution in [2.45, 2.75) is 51.5 Å². The maximum atomic E-state index is 6.28. The summed E-state index contributed by atoms with van der Waals surface area (Å²) in [5.74, 6) is 0.755. The zero-order valence-electron chi connectivity index (χ0n) is 11.3. The second-order valence-electron chi connectivity index (χ2n) is 5.40. The van der Waals surface area contributed by atoms with Crippen LogP contribution in [0.5, 0.6) is 0 Å². The van der Waals surface area contributed by atoms with E-state index in [1.54, 1.807) is 0 Å². The van der Waals surface area contributed by atoms with Gasteiger partial charge >= 0.3 is 0 Å². The molecule has 0 radical (unpaired) electrons. The first-order valence-corrected chi connectivity index (χ1v) is 7.66. The van der Waals surface area contributed by atoms with Gasteiger partial charge < -0.3 is 5.32 Å². The molecular formula is C16H24ClN. The van der Waals surface area contributed by atoms with Crippen LogP contribution in [0.25, 0.3) is 0 Å². The summed E-state index contributed by atoms with van der Waals surface area (Å²) in [6, 6.07) is 8.98. The second kappa shape index (κ2) is 7.16. The van der Waals surface area contributed by atoms with Crippen molar-refractivity contribution in [3.8, 4) is 0 Å². The summed E-state index contributed by atoms with van der Waals surface area (Å²) in [4.78, 5) is 0. The number of rotatable bonds is 5. The van der Waals surface area contributed by atoms with Crippen molar-refractivity contribution in [1.82, 2.24) is 5.32 Å². The Hall–Kier alpha value is -0.530. The first kappa shape index (κ1) is 13.9. The number of benzene rings is 1. The van der Waals surface area contributed by atoms with E-state index in [-0.39, 0.29) is 0 Å². The summed E-state index contributed by atoms with van der Waals surface area (Å²) in [6.07, 6.45) is 7.76. The van der Waals surface area contributed by atoms with Crippen LogP contribution in [0.1, 0.15) is 44.6 Å². The quantitative estimate of drug-likeness (QED) is 0.830. The van der Waals surface area contributed by atoms with Crippen LogP contribution >= 0.6 is 11.6 Å². The maximum absolute atomic E-state index is 6.28. The van der Waals surface area contributed by atoms with E-state index in [0.29, 0.717) is 6.04 Å². The molecule has 0 aromatic heterocycles. The van der Waals surface area contributed by atoms with Crippen molar-refractivity contribution in [1.29, 1.82) is 0 Å². The molecule has 0 saturated heterocycles. The molecule has 0 aliphatic heterocycles. The van der Waals surface area contributed by atoms with E-state index in [9.17, 15) is 0 Å². The molecule has 1 fully saturated rings. The molecule has 0 amide bonds. The highest BCUT2D eigenvalue weighted by Crippen LogP contribution is 2.29. The van der Waals surface area contributed by atoms with Gasteiger partial charge in [0.1, 0.15) is 0 Å². The third kappa shape index (κ3) is 3.73. The zero-order valence-corrected chi connectivity index (χ0v) is 12.0. The van der Waals surface area contributed by atoms with Gasteiger partial charge in [0, 0.05) is 11.1 Å². The highest BCUT2D eigenvalue weighted by molar-refractivity contribution is 6.31. The van der Waals surface area contributed by atoms with E-state index in [2.05, 4.69) is 24.4 Å². The van der Waals surface area contributed by atoms with E-state index in [0.717, 1.165) is 23.9 Å². The standard InChI is InChI=1S/C16H24ClN/c1-2-11-18-16-10-6-4-8-14(16)12-13-7-3-5-9-15(13)17/h3,5,7,9,14,16,18H,2,4,6,8,10-12H2,1H3. The lowest BCUT2D eigenvalue weighted by molar-refractivity contribution is 0.261. The molecule has 1 aromatic carbocycles. The summed E-state index contributed by atoms with van der Waals surface area (Å²) in [5, 5.41) is 4.65. The molecule has 18 heavy (non-hydrogen) atoms. The monoisotopic (exact) mass is 265 g/mol. The van der Waals surface area contributed by atoms with Gasteiger partial charge in [-0.3, -0.25) is 0 Å².